The molecule has 4 amide bonds. The molecule has 8 heteroatoms. The highest BCUT2D eigenvalue weighted by atomic mass is 16.2. The fourth-order valence-electron chi connectivity index (χ4n) is 4.06. The number of hydrogen-bond donors (Lipinski definition) is 4. The van der Waals surface area contributed by atoms with Crippen LogP contribution in [0.5, 0.6) is 0 Å². The SMILES string of the molecule is CC(C)(C)NC(=O)C[C@H](NC(=O)CCc1ccccc1)C(=O)NCCNC(=O)c1ccc(-c2ccccc2)cc1. The van der Waals surface area contributed by atoms with Gasteiger partial charge in [-0.3, -0.25) is 19.2 Å². The molecule has 3 rings (SSSR count). The van der Waals surface area contributed by atoms with E-state index < -0.39 is 17.5 Å². The van der Waals surface area contributed by atoms with Crippen LogP contribution in [0.4, 0.5) is 0 Å². The summed E-state index contributed by atoms with van der Waals surface area (Å²) in [7, 11) is 0. The Bertz CT molecular complexity index is 1270. The van der Waals surface area contributed by atoms with Gasteiger partial charge < -0.3 is 21.3 Å². The summed E-state index contributed by atoms with van der Waals surface area (Å²) in [4.78, 5) is 50.6. The van der Waals surface area contributed by atoms with Crippen molar-refractivity contribution in [2.75, 3.05) is 13.1 Å². The van der Waals surface area contributed by atoms with Crippen molar-refractivity contribution in [2.24, 2.45) is 0 Å². The second-order valence-electron chi connectivity index (χ2n) is 10.6. The van der Waals surface area contributed by atoms with Gasteiger partial charge in [-0.15, -0.1) is 0 Å². The quantitative estimate of drug-likeness (QED) is 0.262. The summed E-state index contributed by atoms with van der Waals surface area (Å²) in [5.74, 6) is -1.41. The van der Waals surface area contributed by atoms with E-state index in [9.17, 15) is 19.2 Å². The third-order valence-electron chi connectivity index (χ3n) is 6.00. The third kappa shape index (κ3) is 10.4. The molecule has 0 fully saturated rings. The number of carbonyl (C=O) groups is 4. The Hall–Kier alpha value is -4.46. The van der Waals surface area contributed by atoms with E-state index in [-0.39, 0.29) is 43.7 Å². The van der Waals surface area contributed by atoms with E-state index in [1.54, 1.807) is 12.1 Å². The Balaban J connectivity index is 1.50. The van der Waals surface area contributed by atoms with Crippen molar-refractivity contribution in [1.82, 2.24) is 21.3 Å². The van der Waals surface area contributed by atoms with Gasteiger partial charge in [0, 0.05) is 30.6 Å². The average Bonchev–Trinajstić information content (AvgIpc) is 2.93. The molecule has 0 saturated carbocycles. The van der Waals surface area contributed by atoms with Crippen LogP contribution in [-0.2, 0) is 20.8 Å². The molecule has 210 valence electrons. The first-order valence-electron chi connectivity index (χ1n) is 13.5. The van der Waals surface area contributed by atoms with Crippen LogP contribution in [0, 0.1) is 0 Å². The molecule has 1 atom stereocenters. The molecule has 3 aromatic carbocycles. The van der Waals surface area contributed by atoms with E-state index in [1.165, 1.54) is 0 Å². The van der Waals surface area contributed by atoms with Gasteiger partial charge in [0.25, 0.3) is 5.91 Å². The Morgan fingerprint density at radius 2 is 1.27 bits per heavy atom. The minimum atomic E-state index is -1.04. The van der Waals surface area contributed by atoms with Crippen LogP contribution in [0.2, 0.25) is 0 Å². The number of amides is 4. The van der Waals surface area contributed by atoms with Crippen LogP contribution in [0.15, 0.2) is 84.9 Å². The maximum Gasteiger partial charge on any atom is 0.251 e. The summed E-state index contributed by atoms with van der Waals surface area (Å²) < 4.78 is 0. The molecule has 0 radical (unpaired) electrons. The van der Waals surface area contributed by atoms with E-state index in [0.717, 1.165) is 16.7 Å². The maximum absolute atomic E-state index is 12.9. The van der Waals surface area contributed by atoms with Crippen molar-refractivity contribution in [1.29, 1.82) is 0 Å². The zero-order valence-corrected chi connectivity index (χ0v) is 23.3. The van der Waals surface area contributed by atoms with Crippen molar-refractivity contribution in [2.45, 2.75) is 51.6 Å². The largest absolute Gasteiger partial charge is 0.353 e. The molecule has 0 aliphatic rings. The van der Waals surface area contributed by atoms with Crippen LogP contribution in [0.3, 0.4) is 0 Å². The molecular formula is C32H38N4O4. The van der Waals surface area contributed by atoms with E-state index in [1.807, 2.05) is 93.6 Å². The molecule has 0 aliphatic carbocycles. The van der Waals surface area contributed by atoms with Crippen molar-refractivity contribution < 1.29 is 19.2 Å². The molecule has 0 unspecified atom stereocenters. The van der Waals surface area contributed by atoms with Gasteiger partial charge >= 0.3 is 0 Å². The highest BCUT2D eigenvalue weighted by Crippen LogP contribution is 2.19. The predicted molar refractivity (Wildman–Crippen MR) is 156 cm³/mol. The zero-order valence-electron chi connectivity index (χ0n) is 23.3. The highest BCUT2D eigenvalue weighted by molar-refractivity contribution is 5.95. The second-order valence-corrected chi connectivity index (χ2v) is 10.6. The molecule has 3 aromatic rings. The summed E-state index contributed by atoms with van der Waals surface area (Å²) in [6.45, 7) is 5.86. The van der Waals surface area contributed by atoms with Crippen LogP contribution in [-0.4, -0.2) is 48.3 Å². The molecule has 0 heterocycles. The van der Waals surface area contributed by atoms with Crippen molar-refractivity contribution in [3.63, 3.8) is 0 Å². The minimum absolute atomic E-state index is 0.143. The number of rotatable bonds is 12. The standard InChI is InChI=1S/C32H38N4O4/c1-32(2,3)36-29(38)22-27(35-28(37)19-14-23-10-6-4-7-11-23)31(40)34-21-20-33-30(39)26-17-15-25(16-18-26)24-12-8-5-9-13-24/h4-13,15-18,27H,14,19-22H2,1-3H3,(H,33,39)(H,34,40)(H,35,37)(H,36,38)/t27-/m0/s1. The molecule has 4 N–H and O–H groups in total. The van der Waals surface area contributed by atoms with E-state index in [0.29, 0.717) is 12.0 Å². The monoisotopic (exact) mass is 542 g/mol. The highest BCUT2D eigenvalue weighted by Gasteiger charge is 2.25. The van der Waals surface area contributed by atoms with Gasteiger partial charge in [0.2, 0.25) is 17.7 Å². The zero-order chi connectivity index (χ0) is 29.0. The average molecular weight is 543 g/mol. The molecule has 0 saturated heterocycles. The Labute approximate surface area is 236 Å². The lowest BCUT2D eigenvalue weighted by Gasteiger charge is -2.23. The molecular weight excluding hydrogens is 504 g/mol. The van der Waals surface area contributed by atoms with Crippen LogP contribution in [0.25, 0.3) is 11.1 Å². The van der Waals surface area contributed by atoms with Gasteiger partial charge in [-0.2, -0.15) is 0 Å². The second kappa shape index (κ2) is 14.6. The minimum Gasteiger partial charge on any atom is -0.353 e. The molecule has 0 bridgehead atoms. The lowest BCUT2D eigenvalue weighted by molar-refractivity contribution is -0.132. The fourth-order valence-corrected chi connectivity index (χ4v) is 4.06. The van der Waals surface area contributed by atoms with Crippen LogP contribution in [0.1, 0.15) is 49.5 Å². The van der Waals surface area contributed by atoms with Gasteiger partial charge in [0.15, 0.2) is 0 Å². The Morgan fingerprint density at radius 1 is 0.700 bits per heavy atom. The molecule has 0 aliphatic heterocycles. The number of aryl methyl sites for hydroxylation is 1. The first kappa shape index (κ1) is 30.1. The Morgan fingerprint density at radius 3 is 1.90 bits per heavy atom. The first-order valence-corrected chi connectivity index (χ1v) is 13.5. The van der Waals surface area contributed by atoms with E-state index >= 15 is 0 Å². The molecule has 0 spiro atoms. The summed E-state index contributed by atoms with van der Waals surface area (Å²) in [5, 5.41) is 11.0. The Kier molecular flexibility index (Phi) is 11.0. The van der Waals surface area contributed by atoms with Crippen molar-refractivity contribution >= 4 is 23.6 Å². The molecule has 40 heavy (non-hydrogen) atoms. The fraction of sp³-hybridized carbons (Fsp3) is 0.312. The first-order chi connectivity index (χ1) is 19.1. The summed E-state index contributed by atoms with van der Waals surface area (Å²) >= 11 is 0. The summed E-state index contributed by atoms with van der Waals surface area (Å²) in [6, 6.07) is 25.7. The lowest BCUT2D eigenvalue weighted by Crippen LogP contribution is -2.51. The van der Waals surface area contributed by atoms with Crippen LogP contribution >= 0.6 is 0 Å². The van der Waals surface area contributed by atoms with Gasteiger partial charge in [0.1, 0.15) is 6.04 Å². The van der Waals surface area contributed by atoms with Crippen molar-refractivity contribution in [3.8, 4) is 11.1 Å². The normalized spacial score (nSPS) is 11.7. The maximum atomic E-state index is 12.9. The number of nitrogens with one attached hydrogen (secondary N) is 4. The molecule has 8 nitrogen and oxygen atoms in total. The number of benzene rings is 3. The summed E-state index contributed by atoms with van der Waals surface area (Å²) in [6.07, 6.45) is 0.516. The topological polar surface area (TPSA) is 116 Å². The van der Waals surface area contributed by atoms with E-state index in [2.05, 4.69) is 21.3 Å². The smallest absolute Gasteiger partial charge is 0.251 e. The molecule has 0 aromatic heterocycles. The number of carbonyl (C=O) groups excluding carboxylic acids is 4. The third-order valence-corrected chi connectivity index (χ3v) is 6.00. The van der Waals surface area contributed by atoms with Gasteiger partial charge in [-0.1, -0.05) is 72.8 Å². The van der Waals surface area contributed by atoms with E-state index in [4.69, 9.17) is 0 Å². The van der Waals surface area contributed by atoms with Gasteiger partial charge in [-0.05, 0) is 56.0 Å². The summed E-state index contributed by atoms with van der Waals surface area (Å²) in [5.41, 5.74) is 3.12. The number of hydrogen-bond acceptors (Lipinski definition) is 4. The van der Waals surface area contributed by atoms with Gasteiger partial charge in [-0.25, -0.2) is 0 Å². The van der Waals surface area contributed by atoms with Gasteiger partial charge in [0.05, 0.1) is 6.42 Å². The van der Waals surface area contributed by atoms with Crippen molar-refractivity contribution in [3.05, 3.63) is 96.1 Å². The lowest BCUT2D eigenvalue weighted by atomic mass is 10.0. The predicted octanol–water partition coefficient (Wildman–Crippen LogP) is 3.62. The van der Waals surface area contributed by atoms with Crippen LogP contribution < -0.4 is 21.3 Å².